The number of carbonyl (C=O) groups is 1. The number of likely N-dealkylation sites (N-methyl/N-ethyl adjacent to an activating group) is 1. The quantitative estimate of drug-likeness (QED) is 0.816. The normalized spacial score (nSPS) is 19.9. The zero-order valence-electron chi connectivity index (χ0n) is 16.7. The van der Waals surface area contributed by atoms with Gasteiger partial charge in [0.1, 0.15) is 11.6 Å². The van der Waals surface area contributed by atoms with Crippen LogP contribution < -0.4 is 4.74 Å². The molecule has 2 aliphatic heterocycles. The molecular formula is C22H28N4O2. The van der Waals surface area contributed by atoms with Gasteiger partial charge in [0.25, 0.3) is 5.91 Å². The zero-order chi connectivity index (χ0) is 19.5. The van der Waals surface area contributed by atoms with Crippen LogP contribution in [0.3, 0.4) is 0 Å². The highest BCUT2D eigenvalue weighted by Crippen LogP contribution is 2.28. The van der Waals surface area contributed by atoms with Crippen molar-refractivity contribution >= 4 is 5.91 Å². The number of nitrogens with zero attached hydrogens (tertiary/aromatic N) is 4. The molecule has 0 radical (unpaired) electrons. The Balaban J connectivity index is 1.51. The van der Waals surface area contributed by atoms with Crippen molar-refractivity contribution in [2.45, 2.75) is 38.6 Å². The van der Waals surface area contributed by atoms with Crippen molar-refractivity contribution in [1.82, 2.24) is 19.8 Å². The number of ether oxygens (including phenoxy) is 1. The highest BCUT2D eigenvalue weighted by Gasteiger charge is 2.29. The fraction of sp³-hybridized carbons (Fsp3) is 0.500. The molecular weight excluding hydrogens is 352 g/mol. The van der Waals surface area contributed by atoms with Crippen LogP contribution in [0.1, 0.15) is 53.1 Å². The predicted molar refractivity (Wildman–Crippen MR) is 108 cm³/mol. The second-order valence-corrected chi connectivity index (χ2v) is 7.71. The van der Waals surface area contributed by atoms with Gasteiger partial charge in [-0.2, -0.15) is 0 Å². The molecule has 0 spiro atoms. The van der Waals surface area contributed by atoms with E-state index in [-0.39, 0.29) is 11.8 Å². The zero-order valence-corrected chi connectivity index (χ0v) is 16.7. The first-order chi connectivity index (χ1) is 13.7. The van der Waals surface area contributed by atoms with Gasteiger partial charge in [-0.1, -0.05) is 12.1 Å². The first-order valence-electron chi connectivity index (χ1n) is 10.2. The summed E-state index contributed by atoms with van der Waals surface area (Å²) in [5.74, 6) is 1.78. The molecule has 0 N–H and O–H groups in total. The largest absolute Gasteiger partial charge is 0.493 e. The van der Waals surface area contributed by atoms with Crippen molar-refractivity contribution < 1.29 is 9.53 Å². The van der Waals surface area contributed by atoms with Crippen LogP contribution in [0.5, 0.6) is 5.75 Å². The molecule has 0 saturated carbocycles. The maximum atomic E-state index is 13.1. The van der Waals surface area contributed by atoms with Gasteiger partial charge < -0.3 is 14.5 Å². The SMILES string of the molecule is CCOc1ccccc1C(=O)N1CCC[C@H](c2ncc3c(n2)CCN(C)C3)C1. The van der Waals surface area contributed by atoms with Gasteiger partial charge in [-0.3, -0.25) is 4.79 Å². The van der Waals surface area contributed by atoms with E-state index in [2.05, 4.69) is 16.9 Å². The van der Waals surface area contributed by atoms with Gasteiger partial charge in [0.05, 0.1) is 12.2 Å². The number of hydrogen-bond donors (Lipinski definition) is 0. The molecule has 1 atom stereocenters. The Bertz CT molecular complexity index is 854. The Hall–Kier alpha value is -2.47. The molecule has 1 amide bonds. The summed E-state index contributed by atoms with van der Waals surface area (Å²) in [6.45, 7) is 5.87. The van der Waals surface area contributed by atoms with E-state index in [0.29, 0.717) is 24.5 Å². The number of aromatic nitrogens is 2. The summed E-state index contributed by atoms with van der Waals surface area (Å²) >= 11 is 0. The molecule has 6 heteroatoms. The highest BCUT2D eigenvalue weighted by molar-refractivity contribution is 5.97. The van der Waals surface area contributed by atoms with Crippen LogP contribution in [0.25, 0.3) is 0 Å². The van der Waals surface area contributed by atoms with Gasteiger partial charge in [0.15, 0.2) is 0 Å². The summed E-state index contributed by atoms with van der Waals surface area (Å²) in [4.78, 5) is 26.9. The lowest BCUT2D eigenvalue weighted by Crippen LogP contribution is -2.40. The average molecular weight is 380 g/mol. The summed E-state index contributed by atoms with van der Waals surface area (Å²) < 4.78 is 5.66. The molecule has 4 rings (SSSR count). The summed E-state index contributed by atoms with van der Waals surface area (Å²) in [7, 11) is 2.13. The first-order valence-corrected chi connectivity index (χ1v) is 10.2. The molecule has 2 aromatic rings. The average Bonchev–Trinajstić information content (AvgIpc) is 2.73. The topological polar surface area (TPSA) is 58.6 Å². The lowest BCUT2D eigenvalue weighted by molar-refractivity contribution is 0.0700. The number of likely N-dealkylation sites (tertiary alicyclic amines) is 1. The minimum Gasteiger partial charge on any atom is -0.493 e. The second kappa shape index (κ2) is 8.27. The number of amides is 1. The molecule has 1 saturated heterocycles. The van der Waals surface area contributed by atoms with E-state index in [1.54, 1.807) is 0 Å². The monoisotopic (exact) mass is 380 g/mol. The third-order valence-electron chi connectivity index (χ3n) is 5.63. The first kappa shape index (κ1) is 18.9. The van der Waals surface area contributed by atoms with Crippen molar-refractivity contribution in [1.29, 1.82) is 0 Å². The molecule has 0 bridgehead atoms. The number of benzene rings is 1. The van der Waals surface area contributed by atoms with Crippen LogP contribution in [0.2, 0.25) is 0 Å². The number of carbonyl (C=O) groups excluding carboxylic acids is 1. The molecule has 0 aliphatic carbocycles. The third kappa shape index (κ3) is 3.87. The third-order valence-corrected chi connectivity index (χ3v) is 5.63. The fourth-order valence-electron chi connectivity index (χ4n) is 4.14. The molecule has 148 valence electrons. The Labute approximate surface area is 166 Å². The van der Waals surface area contributed by atoms with Crippen LogP contribution in [0, 0.1) is 0 Å². The fourth-order valence-corrected chi connectivity index (χ4v) is 4.14. The number of hydrogen-bond acceptors (Lipinski definition) is 5. The van der Waals surface area contributed by atoms with Crippen LogP contribution in [0.4, 0.5) is 0 Å². The van der Waals surface area contributed by atoms with Crippen molar-refractivity contribution in [3.05, 3.63) is 53.1 Å². The molecule has 3 heterocycles. The molecule has 0 unspecified atom stereocenters. The van der Waals surface area contributed by atoms with Crippen LogP contribution in [-0.4, -0.2) is 59.0 Å². The van der Waals surface area contributed by atoms with Crippen molar-refractivity contribution in [3.63, 3.8) is 0 Å². The highest BCUT2D eigenvalue weighted by atomic mass is 16.5. The molecule has 1 fully saturated rings. The van der Waals surface area contributed by atoms with E-state index >= 15 is 0 Å². The number of fused-ring (bicyclic) bond motifs is 1. The van der Waals surface area contributed by atoms with Gasteiger partial charge in [-0.25, -0.2) is 9.97 Å². The van der Waals surface area contributed by atoms with Crippen molar-refractivity contribution in [2.75, 3.05) is 33.3 Å². The van der Waals surface area contributed by atoms with E-state index in [4.69, 9.17) is 9.72 Å². The van der Waals surface area contributed by atoms with Crippen LogP contribution in [0.15, 0.2) is 30.5 Å². The van der Waals surface area contributed by atoms with Gasteiger partial charge >= 0.3 is 0 Å². The Kier molecular flexibility index (Phi) is 5.57. The van der Waals surface area contributed by atoms with Crippen LogP contribution >= 0.6 is 0 Å². The Morgan fingerprint density at radius 3 is 3.00 bits per heavy atom. The standard InChI is InChI=1S/C22H28N4O2/c1-3-28-20-9-5-4-8-18(20)22(27)26-11-6-7-16(15-26)21-23-13-17-14-25(2)12-10-19(17)24-21/h4-5,8-9,13,16H,3,6-7,10-12,14-15H2,1-2H3/t16-/m0/s1. The van der Waals surface area contributed by atoms with Gasteiger partial charge in [0.2, 0.25) is 0 Å². The van der Waals surface area contributed by atoms with Crippen molar-refractivity contribution in [3.8, 4) is 5.75 Å². The predicted octanol–water partition coefficient (Wildman–Crippen LogP) is 2.88. The summed E-state index contributed by atoms with van der Waals surface area (Å²) in [6, 6.07) is 7.50. The van der Waals surface area contributed by atoms with E-state index < -0.39 is 0 Å². The number of rotatable bonds is 4. The Morgan fingerprint density at radius 2 is 2.14 bits per heavy atom. The van der Waals surface area contributed by atoms with Gasteiger partial charge in [0, 0.05) is 56.0 Å². The minimum absolute atomic E-state index is 0.0355. The smallest absolute Gasteiger partial charge is 0.257 e. The Morgan fingerprint density at radius 1 is 1.29 bits per heavy atom. The minimum atomic E-state index is 0.0355. The summed E-state index contributed by atoms with van der Waals surface area (Å²) in [5.41, 5.74) is 3.04. The molecule has 1 aromatic heterocycles. The lowest BCUT2D eigenvalue weighted by Gasteiger charge is -2.33. The van der Waals surface area contributed by atoms with E-state index in [1.165, 1.54) is 11.3 Å². The molecule has 28 heavy (non-hydrogen) atoms. The van der Waals surface area contributed by atoms with E-state index in [0.717, 1.165) is 44.7 Å². The van der Waals surface area contributed by atoms with E-state index in [9.17, 15) is 4.79 Å². The molecule has 1 aromatic carbocycles. The van der Waals surface area contributed by atoms with E-state index in [1.807, 2.05) is 42.3 Å². The van der Waals surface area contributed by atoms with Crippen molar-refractivity contribution in [2.24, 2.45) is 0 Å². The molecule has 2 aliphatic rings. The van der Waals surface area contributed by atoms with Gasteiger partial charge in [-0.15, -0.1) is 0 Å². The number of piperidine rings is 1. The maximum Gasteiger partial charge on any atom is 0.257 e. The summed E-state index contributed by atoms with van der Waals surface area (Å²) in [5, 5.41) is 0. The van der Waals surface area contributed by atoms with Gasteiger partial charge in [-0.05, 0) is 38.9 Å². The van der Waals surface area contributed by atoms with Crippen LogP contribution in [-0.2, 0) is 13.0 Å². The number of para-hydroxylation sites is 1. The summed E-state index contributed by atoms with van der Waals surface area (Å²) in [6.07, 6.45) is 4.95. The molecule has 6 nitrogen and oxygen atoms in total. The second-order valence-electron chi connectivity index (χ2n) is 7.71. The maximum absolute atomic E-state index is 13.1. The lowest BCUT2D eigenvalue weighted by atomic mass is 9.95.